The topological polar surface area (TPSA) is 51.2 Å². The summed E-state index contributed by atoms with van der Waals surface area (Å²) in [5.74, 6) is -14.5. The minimum atomic E-state index is -6.67. The van der Waals surface area contributed by atoms with Gasteiger partial charge in [0.25, 0.3) is 0 Å². The molecule has 1 atom stereocenters. The summed E-state index contributed by atoms with van der Waals surface area (Å²) in [5.41, 5.74) is -2.32. The number of rotatable bonds is 10. The average Bonchev–Trinajstić information content (AvgIpc) is 2.86. The zero-order valence-corrected chi connectivity index (χ0v) is 20.7. The highest BCUT2D eigenvalue weighted by Gasteiger charge is 2.73. The first-order valence-corrected chi connectivity index (χ1v) is 11.4. The largest absolute Gasteiger partial charge is 0.573 e. The molecule has 0 spiro atoms. The lowest BCUT2D eigenvalue weighted by atomic mass is 10.0. The van der Waals surface area contributed by atoms with E-state index in [1.165, 1.54) is 12.1 Å². The minimum absolute atomic E-state index is 0.0269. The van der Waals surface area contributed by atoms with Gasteiger partial charge in [0.15, 0.2) is 11.9 Å². The van der Waals surface area contributed by atoms with Crippen LogP contribution in [0.2, 0.25) is 0 Å². The van der Waals surface area contributed by atoms with Gasteiger partial charge in [-0.3, -0.25) is 0 Å². The number of hydrogen-bond donors (Lipinski definition) is 1. The zero-order chi connectivity index (χ0) is 32.4. The van der Waals surface area contributed by atoms with Crippen molar-refractivity contribution in [3.05, 3.63) is 78.4 Å². The molecule has 1 N–H and O–H groups in total. The van der Waals surface area contributed by atoms with Crippen molar-refractivity contribution in [3.63, 3.8) is 0 Å². The van der Waals surface area contributed by atoms with Crippen LogP contribution in [0.3, 0.4) is 0 Å². The SMILES string of the molecule is OC(CN(Oc1cccc(C(F)(F)C(F)(F)C(F)(F)F)c1)c1cccc(Oc2cccc(OC(F)(F)F)c2)c1)C(F)(F)F. The molecule has 3 aromatic carbocycles. The Balaban J connectivity index is 1.95. The normalized spacial score (nSPS) is 13.8. The number of benzene rings is 3. The van der Waals surface area contributed by atoms with E-state index in [0.717, 1.165) is 42.5 Å². The summed E-state index contributed by atoms with van der Waals surface area (Å²) in [4.78, 5) is 5.09. The Morgan fingerprint density at radius 3 is 1.77 bits per heavy atom. The molecule has 0 aliphatic carbocycles. The summed E-state index contributed by atoms with van der Waals surface area (Å²) in [6, 6.07) is 9.85. The highest BCUT2D eigenvalue weighted by Crippen LogP contribution is 2.52. The Labute approximate surface area is 232 Å². The van der Waals surface area contributed by atoms with Crippen molar-refractivity contribution < 1.29 is 76.5 Å². The molecule has 43 heavy (non-hydrogen) atoms. The summed E-state index contributed by atoms with van der Waals surface area (Å²) in [6.07, 6.45) is -20.1. The van der Waals surface area contributed by atoms with Gasteiger partial charge in [-0.1, -0.05) is 24.3 Å². The first-order chi connectivity index (χ1) is 19.6. The lowest BCUT2D eigenvalue weighted by Crippen LogP contribution is -2.50. The van der Waals surface area contributed by atoms with Gasteiger partial charge in [0.05, 0.1) is 12.2 Å². The van der Waals surface area contributed by atoms with Gasteiger partial charge in [-0.05, 0) is 36.4 Å². The van der Waals surface area contributed by atoms with Crippen LogP contribution < -0.4 is 19.4 Å². The second-order valence-corrected chi connectivity index (χ2v) is 8.51. The number of alkyl halides is 13. The van der Waals surface area contributed by atoms with E-state index >= 15 is 0 Å². The third kappa shape index (κ3) is 8.26. The minimum Gasteiger partial charge on any atom is -0.457 e. The zero-order valence-electron chi connectivity index (χ0n) is 20.7. The van der Waals surface area contributed by atoms with Crippen molar-refractivity contribution >= 4 is 5.69 Å². The number of hydroxylamine groups is 1. The molecule has 0 amide bonds. The van der Waals surface area contributed by atoms with Crippen LogP contribution >= 0.6 is 0 Å². The standard InChI is InChI=1S/C25H16F13NO4/c26-21(27,23(31,32)24(33,34)35)14-4-1-9-19(10-14)43-39(13-20(40)22(28,29)30)15-5-2-6-16(11-15)41-17-7-3-8-18(12-17)42-25(36,37)38/h1-12,20,40H,13H2. The van der Waals surface area contributed by atoms with Gasteiger partial charge < -0.3 is 19.4 Å². The van der Waals surface area contributed by atoms with Crippen LogP contribution in [0.5, 0.6) is 23.0 Å². The summed E-state index contributed by atoms with van der Waals surface area (Å²) in [6.45, 7) is -1.48. The van der Waals surface area contributed by atoms with Gasteiger partial charge in [0, 0.05) is 17.7 Å². The summed E-state index contributed by atoms with van der Waals surface area (Å²) in [5, 5.41) is 9.82. The molecule has 0 aromatic heterocycles. The van der Waals surface area contributed by atoms with Gasteiger partial charge in [-0.15, -0.1) is 13.2 Å². The Kier molecular flexibility index (Phi) is 9.24. The van der Waals surface area contributed by atoms with Gasteiger partial charge >= 0.3 is 30.6 Å². The molecule has 236 valence electrons. The molecule has 0 saturated heterocycles. The van der Waals surface area contributed by atoms with Gasteiger partial charge in [0.1, 0.15) is 17.2 Å². The molecule has 18 heteroatoms. The van der Waals surface area contributed by atoms with Gasteiger partial charge in [-0.2, -0.15) is 43.9 Å². The quantitative estimate of drug-likeness (QED) is 0.178. The van der Waals surface area contributed by atoms with E-state index in [9.17, 15) is 62.2 Å². The van der Waals surface area contributed by atoms with Crippen molar-refractivity contribution in [2.24, 2.45) is 0 Å². The molecule has 5 nitrogen and oxygen atoms in total. The molecular formula is C25H16F13NO4. The van der Waals surface area contributed by atoms with Gasteiger partial charge in [0.2, 0.25) is 0 Å². The number of nitrogens with zero attached hydrogens (tertiary/aromatic N) is 1. The van der Waals surface area contributed by atoms with E-state index in [0.29, 0.717) is 6.07 Å². The maximum absolute atomic E-state index is 14.2. The van der Waals surface area contributed by atoms with Crippen molar-refractivity contribution in [2.75, 3.05) is 11.6 Å². The first kappa shape index (κ1) is 33.4. The molecule has 0 heterocycles. The van der Waals surface area contributed by atoms with Crippen LogP contribution in [-0.2, 0) is 5.92 Å². The smallest absolute Gasteiger partial charge is 0.457 e. The number of hydrogen-bond acceptors (Lipinski definition) is 5. The lowest BCUT2D eigenvalue weighted by molar-refractivity contribution is -0.359. The average molecular weight is 641 g/mol. The predicted molar refractivity (Wildman–Crippen MR) is 121 cm³/mol. The van der Waals surface area contributed by atoms with Crippen molar-refractivity contribution in [1.29, 1.82) is 0 Å². The molecule has 0 bridgehead atoms. The van der Waals surface area contributed by atoms with Crippen LogP contribution in [-0.4, -0.2) is 42.4 Å². The van der Waals surface area contributed by atoms with Crippen LogP contribution in [0.1, 0.15) is 5.56 Å². The predicted octanol–water partition coefficient (Wildman–Crippen LogP) is 8.39. The summed E-state index contributed by atoms with van der Waals surface area (Å²) in [7, 11) is 0. The molecule has 1 unspecified atom stereocenters. The molecular weight excluding hydrogens is 625 g/mol. The third-order valence-electron chi connectivity index (χ3n) is 5.26. The number of halogens is 13. The Hall–Kier alpha value is -4.09. The highest BCUT2D eigenvalue weighted by atomic mass is 19.4. The molecule has 3 aromatic rings. The third-order valence-corrected chi connectivity index (χ3v) is 5.26. The van der Waals surface area contributed by atoms with Crippen LogP contribution in [0, 0.1) is 0 Å². The fourth-order valence-corrected chi connectivity index (χ4v) is 3.26. The van der Waals surface area contributed by atoms with Crippen molar-refractivity contribution in [2.45, 2.75) is 36.7 Å². The Morgan fingerprint density at radius 1 is 0.651 bits per heavy atom. The van der Waals surface area contributed by atoms with E-state index in [-0.39, 0.29) is 28.7 Å². The Bertz CT molecular complexity index is 1390. The number of ether oxygens (including phenoxy) is 2. The highest BCUT2D eigenvalue weighted by molar-refractivity contribution is 5.51. The number of aliphatic hydroxyl groups excluding tert-OH is 1. The number of anilines is 1. The molecule has 0 saturated carbocycles. The van der Waals surface area contributed by atoms with Crippen LogP contribution in [0.4, 0.5) is 62.8 Å². The fraction of sp³-hybridized carbons (Fsp3) is 0.280. The van der Waals surface area contributed by atoms with E-state index in [4.69, 9.17) is 9.57 Å². The molecule has 0 aliphatic heterocycles. The van der Waals surface area contributed by atoms with Crippen molar-refractivity contribution in [3.8, 4) is 23.0 Å². The maximum Gasteiger partial charge on any atom is 0.573 e. The lowest BCUT2D eigenvalue weighted by Gasteiger charge is -2.30. The van der Waals surface area contributed by atoms with Crippen LogP contribution in [0.15, 0.2) is 72.8 Å². The van der Waals surface area contributed by atoms with E-state index in [2.05, 4.69) is 4.74 Å². The summed E-state index contributed by atoms with van der Waals surface area (Å²) >= 11 is 0. The van der Waals surface area contributed by atoms with E-state index in [1.807, 2.05) is 0 Å². The first-order valence-electron chi connectivity index (χ1n) is 11.4. The maximum atomic E-state index is 14.2. The fourth-order valence-electron chi connectivity index (χ4n) is 3.26. The van der Waals surface area contributed by atoms with Gasteiger partial charge in [-0.25, -0.2) is 5.06 Å². The second kappa shape index (κ2) is 11.9. The molecule has 0 fully saturated rings. The second-order valence-electron chi connectivity index (χ2n) is 8.51. The van der Waals surface area contributed by atoms with E-state index in [1.54, 1.807) is 0 Å². The van der Waals surface area contributed by atoms with Crippen LogP contribution in [0.25, 0.3) is 0 Å². The molecule has 0 radical (unpaired) electrons. The van der Waals surface area contributed by atoms with E-state index < -0.39 is 66.0 Å². The van der Waals surface area contributed by atoms with Crippen molar-refractivity contribution in [1.82, 2.24) is 0 Å². The molecule has 3 rings (SSSR count). The number of aliphatic hydroxyl groups is 1. The Morgan fingerprint density at radius 2 is 1.19 bits per heavy atom. The summed E-state index contributed by atoms with van der Waals surface area (Å²) < 4.78 is 179. The molecule has 0 aliphatic rings. The monoisotopic (exact) mass is 641 g/mol.